The first-order valence-corrected chi connectivity index (χ1v) is 17.3. The number of nitrogen functional groups attached to an aromatic ring is 3. The number of nitrogens with zero attached hydrogens (tertiary/aromatic N) is 16. The fourth-order valence-corrected chi connectivity index (χ4v) is 6.49. The van der Waals surface area contributed by atoms with Crippen molar-refractivity contribution >= 4 is 39.8 Å². The fourth-order valence-electron chi connectivity index (χ4n) is 6.49. The van der Waals surface area contributed by atoms with Crippen molar-refractivity contribution in [3.05, 3.63) is 68.9 Å². The van der Waals surface area contributed by atoms with Crippen LogP contribution in [-0.4, -0.2) is 154 Å². The highest BCUT2D eigenvalue weighted by Gasteiger charge is 2.46. The third kappa shape index (κ3) is 8.18. The minimum Gasteiger partial charge on any atom is -0.394 e. The summed E-state index contributed by atoms with van der Waals surface area (Å²) in [6.07, 6.45) is -1.56. The molecule has 0 bridgehead atoms. The number of fused-ring (bicyclic) bond motifs is 2. The first-order chi connectivity index (χ1) is 28.4. The van der Waals surface area contributed by atoms with Crippen molar-refractivity contribution in [2.24, 2.45) is 16.0 Å². The molecular formula is C29H38N20O10. The summed E-state index contributed by atoms with van der Waals surface area (Å²) in [6, 6.07) is -1.27. The minimum atomic E-state index is -1.21. The number of aliphatic hydroxyl groups is 6. The molecule has 8 heterocycles. The van der Waals surface area contributed by atoms with E-state index in [9.17, 15) is 25.2 Å². The second-order valence-electron chi connectivity index (χ2n) is 12.9. The number of nitrogens with two attached hydrogens (primary N) is 4. The van der Waals surface area contributed by atoms with Crippen LogP contribution >= 0.6 is 0 Å². The molecule has 0 spiro atoms. The van der Waals surface area contributed by atoms with Crippen LogP contribution in [0.2, 0.25) is 0 Å². The molecule has 59 heavy (non-hydrogen) atoms. The molecule has 0 aromatic carbocycles. The summed E-state index contributed by atoms with van der Waals surface area (Å²) in [5.41, 5.74) is 40.8. The molecule has 3 saturated heterocycles. The first-order valence-electron chi connectivity index (χ1n) is 17.3. The molecule has 5 aromatic rings. The van der Waals surface area contributed by atoms with E-state index in [4.69, 9.17) is 58.4 Å². The number of hydrogen-bond acceptors (Lipinski definition) is 23. The Hall–Kier alpha value is -6.40. The topological polar surface area (TPSA) is 473 Å². The molecule has 0 unspecified atom stereocenters. The van der Waals surface area contributed by atoms with E-state index in [0.29, 0.717) is 22.3 Å². The van der Waals surface area contributed by atoms with Gasteiger partial charge in [-0.3, -0.25) is 13.7 Å². The zero-order valence-electron chi connectivity index (χ0n) is 30.3. The van der Waals surface area contributed by atoms with Crippen molar-refractivity contribution in [2.45, 2.75) is 73.4 Å². The Balaban J connectivity index is 0.000000149. The minimum absolute atomic E-state index is 0.0406. The number of aliphatic hydroxyl groups excluding tert-OH is 6. The van der Waals surface area contributed by atoms with E-state index in [1.807, 2.05) is 0 Å². The van der Waals surface area contributed by atoms with Crippen molar-refractivity contribution < 1.29 is 44.8 Å². The van der Waals surface area contributed by atoms with Crippen LogP contribution in [0.3, 0.4) is 0 Å². The van der Waals surface area contributed by atoms with E-state index in [2.05, 4.69) is 54.9 Å². The lowest BCUT2D eigenvalue weighted by Gasteiger charge is -2.17. The van der Waals surface area contributed by atoms with Crippen LogP contribution in [0.25, 0.3) is 43.2 Å². The Bertz CT molecular complexity index is 2400. The summed E-state index contributed by atoms with van der Waals surface area (Å²) in [4.78, 5) is 44.5. The lowest BCUT2D eigenvalue weighted by Crippen LogP contribution is -2.39. The highest BCUT2D eigenvalue weighted by Crippen LogP contribution is 2.35. The summed E-state index contributed by atoms with van der Waals surface area (Å²) in [7, 11) is 0. The standard InChI is InChI=1S/C10H12N8O3.C10H14N6O3.C9H12N6O4/c11-8-6-9(14-2-13-8)18(3-15-6)10-5(16-17-12)7(20)4(1-19)21-10;11-5-7(18)4(1-17)19-10(5)16-3-15-6-8(12)13-2-14-9(6)16;10-5-1-2-15(9(18)12-5)8-6(13-14-11)7(17)4(3-16)19-8/h2-5,7,10,19-20H,1H2,(H2,11,13,14);2-5,7,10,17-18H,1,11H2,(H2,12,13,14);1-2,4,6-8,16-17H,3H2,(H2,10,12,18)/t2*4-,5-,7-,10-;4-,6-,7-,8-/m111/s1. The van der Waals surface area contributed by atoms with E-state index < -0.39 is 92.3 Å². The maximum atomic E-state index is 11.7. The molecule has 5 aromatic heterocycles. The number of ether oxygens (including phenoxy) is 3. The van der Waals surface area contributed by atoms with Crippen molar-refractivity contribution in [1.82, 2.24) is 48.6 Å². The summed E-state index contributed by atoms with van der Waals surface area (Å²) in [6.45, 7) is -1.18. The van der Waals surface area contributed by atoms with Crippen LogP contribution in [0.1, 0.15) is 18.7 Å². The SMILES string of the molecule is Nc1ncnc2c1ncn2[C@@H]1O[C@H](CO)[C@@H](O)[C@H]1N.[N-]=[N+]=N[C@@H]1[C@H](O)[C@@H](CO)O[C@H]1n1ccc(N)nc1=O.[N-]=[N+]=N[C@@H]1[C@H](O)[C@@H](CO)O[C@H]1n1cnc2c(N)ncnc21. The molecule has 3 aliphatic rings. The highest BCUT2D eigenvalue weighted by molar-refractivity contribution is 5.81. The van der Waals surface area contributed by atoms with Crippen LogP contribution in [0, 0.1) is 0 Å². The van der Waals surface area contributed by atoms with E-state index >= 15 is 0 Å². The molecule has 0 aliphatic carbocycles. The van der Waals surface area contributed by atoms with E-state index in [-0.39, 0.29) is 24.1 Å². The number of anilines is 3. The normalized spacial score (nSPS) is 29.9. The molecule has 8 rings (SSSR count). The van der Waals surface area contributed by atoms with Gasteiger partial charge in [-0.1, -0.05) is 10.2 Å². The van der Waals surface area contributed by atoms with Gasteiger partial charge in [-0.25, -0.2) is 34.7 Å². The van der Waals surface area contributed by atoms with Crippen LogP contribution in [0.15, 0.2) is 52.6 Å². The Morgan fingerprint density at radius 3 is 1.56 bits per heavy atom. The molecule has 30 nitrogen and oxygen atoms in total. The van der Waals surface area contributed by atoms with E-state index in [1.54, 1.807) is 4.57 Å². The number of azide groups is 2. The van der Waals surface area contributed by atoms with E-state index in [0.717, 1.165) is 4.57 Å². The third-order valence-corrected chi connectivity index (χ3v) is 9.45. The maximum absolute atomic E-state index is 11.7. The van der Waals surface area contributed by atoms with Gasteiger partial charge in [-0.05, 0) is 17.1 Å². The van der Waals surface area contributed by atoms with Crippen molar-refractivity contribution in [2.75, 3.05) is 37.0 Å². The number of rotatable bonds is 8. The molecule has 314 valence electrons. The monoisotopic (exact) mass is 826 g/mol. The Morgan fingerprint density at radius 1 is 0.678 bits per heavy atom. The molecular weight excluding hydrogens is 788 g/mol. The second-order valence-corrected chi connectivity index (χ2v) is 12.9. The van der Waals surface area contributed by atoms with Gasteiger partial charge in [0.1, 0.15) is 78.5 Å². The molecule has 12 atom stereocenters. The second kappa shape index (κ2) is 18.0. The zero-order valence-corrected chi connectivity index (χ0v) is 30.3. The van der Waals surface area contributed by atoms with Gasteiger partial charge < -0.3 is 67.8 Å². The lowest BCUT2D eigenvalue weighted by atomic mass is 10.1. The molecule has 3 fully saturated rings. The molecule has 30 heteroatoms. The fraction of sp³-hybridized carbons (Fsp3) is 0.517. The van der Waals surface area contributed by atoms with E-state index in [1.165, 1.54) is 42.1 Å². The van der Waals surface area contributed by atoms with Crippen LogP contribution in [0.5, 0.6) is 0 Å². The van der Waals surface area contributed by atoms with Gasteiger partial charge in [0.25, 0.3) is 0 Å². The summed E-state index contributed by atoms with van der Waals surface area (Å²) in [5, 5.41) is 64.1. The molecule has 14 N–H and O–H groups in total. The predicted molar refractivity (Wildman–Crippen MR) is 197 cm³/mol. The molecule has 0 saturated carbocycles. The molecule has 0 radical (unpaired) electrons. The van der Waals surface area contributed by atoms with Crippen molar-refractivity contribution in [1.29, 1.82) is 0 Å². The third-order valence-electron chi connectivity index (χ3n) is 9.45. The van der Waals surface area contributed by atoms with Gasteiger partial charge in [-0.2, -0.15) is 4.98 Å². The Kier molecular flexibility index (Phi) is 12.9. The number of aromatic nitrogens is 10. The Morgan fingerprint density at radius 2 is 1.12 bits per heavy atom. The van der Waals surface area contributed by atoms with Gasteiger partial charge in [0.15, 0.2) is 29.2 Å². The smallest absolute Gasteiger partial charge is 0.351 e. The van der Waals surface area contributed by atoms with Crippen LogP contribution in [0.4, 0.5) is 17.5 Å². The highest BCUT2D eigenvalue weighted by atomic mass is 16.6. The van der Waals surface area contributed by atoms with Gasteiger partial charge in [-0.15, -0.1) is 0 Å². The summed E-state index contributed by atoms with van der Waals surface area (Å²) >= 11 is 0. The largest absolute Gasteiger partial charge is 0.394 e. The maximum Gasteiger partial charge on any atom is 0.351 e. The molecule has 3 aliphatic heterocycles. The van der Waals surface area contributed by atoms with Gasteiger partial charge >= 0.3 is 5.69 Å². The van der Waals surface area contributed by atoms with Crippen LogP contribution < -0.4 is 28.6 Å². The average molecular weight is 827 g/mol. The lowest BCUT2D eigenvalue weighted by molar-refractivity contribution is -0.0464. The van der Waals surface area contributed by atoms with Crippen LogP contribution in [-0.2, 0) is 14.2 Å². The van der Waals surface area contributed by atoms with Crippen molar-refractivity contribution in [3.8, 4) is 0 Å². The summed E-state index contributed by atoms with van der Waals surface area (Å²) in [5.74, 6) is 0.504. The quantitative estimate of drug-likeness (QED) is 0.0406. The van der Waals surface area contributed by atoms with Crippen molar-refractivity contribution in [3.63, 3.8) is 0 Å². The van der Waals surface area contributed by atoms with Gasteiger partial charge in [0.05, 0.1) is 50.7 Å². The number of imidazole rings is 2. The first kappa shape index (κ1) is 42.2. The average Bonchev–Trinajstić information content (AvgIpc) is 4.04. The number of hydrogen-bond donors (Lipinski definition) is 10. The predicted octanol–water partition coefficient (Wildman–Crippen LogP) is -3.92. The van der Waals surface area contributed by atoms with Gasteiger partial charge in [0.2, 0.25) is 0 Å². The van der Waals surface area contributed by atoms with Gasteiger partial charge in [0, 0.05) is 16.0 Å². The Labute approximate surface area is 328 Å². The summed E-state index contributed by atoms with van der Waals surface area (Å²) < 4.78 is 20.5. The molecule has 0 amide bonds. The zero-order chi connectivity index (χ0) is 42.5.